The number of benzene rings is 1. The van der Waals surface area contributed by atoms with Gasteiger partial charge in [0.25, 0.3) is 0 Å². The summed E-state index contributed by atoms with van der Waals surface area (Å²) < 4.78 is 0. The molecule has 0 spiro atoms. The predicted molar refractivity (Wildman–Crippen MR) is 87.1 cm³/mol. The molecule has 0 atom stereocenters. The second kappa shape index (κ2) is 6.36. The second-order valence-corrected chi connectivity index (χ2v) is 6.38. The summed E-state index contributed by atoms with van der Waals surface area (Å²) in [6.07, 6.45) is 2.84. The first-order chi connectivity index (χ1) is 9.60. The van der Waals surface area contributed by atoms with Gasteiger partial charge in [-0.1, -0.05) is 32.9 Å². The van der Waals surface area contributed by atoms with Crippen molar-refractivity contribution in [2.24, 2.45) is 0 Å². The maximum atomic E-state index is 12.8. The minimum Gasteiger partial charge on any atom is -0.288 e. The first-order valence-corrected chi connectivity index (χ1v) is 8.18. The van der Waals surface area contributed by atoms with Gasteiger partial charge in [-0.3, -0.25) is 4.79 Å². The van der Waals surface area contributed by atoms with E-state index < -0.39 is 0 Å². The monoisotopic (exact) mass is 286 g/mol. The quantitative estimate of drug-likeness (QED) is 0.709. The summed E-state index contributed by atoms with van der Waals surface area (Å²) in [6.45, 7) is 8.47. The lowest BCUT2D eigenvalue weighted by Crippen LogP contribution is -2.09. The fourth-order valence-electron chi connectivity index (χ4n) is 2.57. The lowest BCUT2D eigenvalue weighted by Gasteiger charge is -2.14. The fraction of sp³-hybridized carbons (Fsp3) is 0.389. The Morgan fingerprint density at radius 2 is 1.60 bits per heavy atom. The maximum Gasteiger partial charge on any atom is 0.203 e. The Morgan fingerprint density at radius 3 is 2.00 bits per heavy atom. The molecule has 0 aliphatic heterocycles. The van der Waals surface area contributed by atoms with E-state index in [1.54, 1.807) is 11.3 Å². The highest BCUT2D eigenvalue weighted by Crippen LogP contribution is 2.26. The molecule has 0 aliphatic carbocycles. The Balaban J connectivity index is 2.56. The second-order valence-electron chi connectivity index (χ2n) is 5.09. The third-order valence-corrected chi connectivity index (χ3v) is 4.72. The van der Waals surface area contributed by atoms with E-state index in [0.717, 1.165) is 29.7 Å². The van der Waals surface area contributed by atoms with Gasteiger partial charge in [0.15, 0.2) is 0 Å². The zero-order chi connectivity index (χ0) is 14.7. The zero-order valence-electron chi connectivity index (χ0n) is 12.7. The van der Waals surface area contributed by atoms with E-state index in [0.29, 0.717) is 0 Å². The first-order valence-electron chi connectivity index (χ1n) is 7.36. The van der Waals surface area contributed by atoms with Crippen molar-refractivity contribution in [2.75, 3.05) is 0 Å². The van der Waals surface area contributed by atoms with Gasteiger partial charge in [0.1, 0.15) is 0 Å². The lowest BCUT2D eigenvalue weighted by atomic mass is 9.91. The Bertz CT molecular complexity index is 597. The molecule has 1 aromatic heterocycles. The molecular weight excluding hydrogens is 264 g/mol. The van der Waals surface area contributed by atoms with Crippen LogP contribution < -0.4 is 0 Å². The minimum absolute atomic E-state index is 0.194. The Labute approximate surface area is 125 Å². The Kier molecular flexibility index (Phi) is 4.77. The van der Waals surface area contributed by atoms with Crippen LogP contribution in [0.1, 0.15) is 57.6 Å². The molecule has 0 fully saturated rings. The maximum absolute atomic E-state index is 12.8. The number of aryl methyl sites for hydroxylation is 4. The number of carbonyl (C=O) groups excluding carboxylic acids is 1. The molecule has 1 heterocycles. The molecule has 0 amide bonds. The van der Waals surface area contributed by atoms with Crippen molar-refractivity contribution in [1.29, 1.82) is 0 Å². The molecule has 0 unspecified atom stereocenters. The van der Waals surface area contributed by atoms with Gasteiger partial charge in [-0.05, 0) is 55.0 Å². The Hall–Kier alpha value is -1.41. The van der Waals surface area contributed by atoms with Crippen LogP contribution in [0.2, 0.25) is 0 Å². The molecule has 0 saturated heterocycles. The first kappa shape index (κ1) is 15.0. The van der Waals surface area contributed by atoms with Gasteiger partial charge in [-0.15, -0.1) is 11.3 Å². The van der Waals surface area contributed by atoms with Crippen molar-refractivity contribution in [2.45, 2.75) is 47.0 Å². The highest BCUT2D eigenvalue weighted by atomic mass is 32.1. The van der Waals surface area contributed by atoms with Crippen LogP contribution in [0.25, 0.3) is 0 Å². The topological polar surface area (TPSA) is 17.1 Å². The summed E-state index contributed by atoms with van der Waals surface area (Å²) in [4.78, 5) is 14.9. The number of thiophene rings is 1. The molecule has 2 heteroatoms. The number of carbonyl (C=O) groups is 1. The molecule has 20 heavy (non-hydrogen) atoms. The minimum atomic E-state index is 0.194. The molecule has 0 radical (unpaired) electrons. The Morgan fingerprint density at radius 1 is 1.00 bits per heavy atom. The summed E-state index contributed by atoms with van der Waals surface area (Å²) in [5, 5.41) is 0. The summed E-state index contributed by atoms with van der Waals surface area (Å²) >= 11 is 1.59. The summed E-state index contributed by atoms with van der Waals surface area (Å²) in [6, 6.07) is 8.38. The number of rotatable bonds is 5. The molecule has 106 valence electrons. The lowest BCUT2D eigenvalue weighted by molar-refractivity contribution is 0.104. The van der Waals surface area contributed by atoms with E-state index >= 15 is 0 Å². The van der Waals surface area contributed by atoms with Crippen molar-refractivity contribution >= 4 is 17.1 Å². The average molecular weight is 286 g/mol. The molecule has 2 rings (SSSR count). The van der Waals surface area contributed by atoms with Crippen LogP contribution in [0.5, 0.6) is 0 Å². The van der Waals surface area contributed by atoms with E-state index in [1.165, 1.54) is 21.6 Å². The standard InChI is InChI=1S/C18H22OS/c1-5-13-10-14(6-2)17(15(7-3)11-13)18(19)16-9-8-12(4)20-16/h8-11H,5-7H2,1-4H3. The number of ketones is 1. The smallest absolute Gasteiger partial charge is 0.203 e. The zero-order valence-corrected chi connectivity index (χ0v) is 13.6. The highest BCUT2D eigenvalue weighted by Gasteiger charge is 2.18. The molecular formula is C18H22OS. The molecule has 1 nitrogen and oxygen atoms in total. The van der Waals surface area contributed by atoms with Gasteiger partial charge in [0.05, 0.1) is 4.88 Å². The third kappa shape index (κ3) is 2.85. The summed E-state index contributed by atoms with van der Waals surface area (Å²) in [7, 11) is 0. The molecule has 0 aliphatic rings. The molecule has 0 N–H and O–H groups in total. The van der Waals surface area contributed by atoms with Gasteiger partial charge in [-0.2, -0.15) is 0 Å². The van der Waals surface area contributed by atoms with Crippen molar-refractivity contribution in [3.63, 3.8) is 0 Å². The number of hydrogen-bond acceptors (Lipinski definition) is 2. The van der Waals surface area contributed by atoms with Crippen molar-refractivity contribution in [3.8, 4) is 0 Å². The largest absolute Gasteiger partial charge is 0.288 e. The van der Waals surface area contributed by atoms with Gasteiger partial charge >= 0.3 is 0 Å². The van der Waals surface area contributed by atoms with E-state index in [1.807, 2.05) is 19.1 Å². The van der Waals surface area contributed by atoms with Gasteiger partial charge in [0.2, 0.25) is 5.78 Å². The highest BCUT2D eigenvalue weighted by molar-refractivity contribution is 7.14. The van der Waals surface area contributed by atoms with Gasteiger partial charge in [-0.25, -0.2) is 0 Å². The van der Waals surface area contributed by atoms with Crippen LogP contribution in [0.4, 0.5) is 0 Å². The predicted octanol–water partition coefficient (Wildman–Crippen LogP) is 4.97. The van der Waals surface area contributed by atoms with Crippen LogP contribution in [-0.4, -0.2) is 5.78 Å². The van der Waals surface area contributed by atoms with Crippen LogP contribution >= 0.6 is 11.3 Å². The third-order valence-electron chi connectivity index (χ3n) is 3.72. The fourth-order valence-corrected chi connectivity index (χ4v) is 3.39. The van der Waals surface area contributed by atoms with Crippen LogP contribution in [-0.2, 0) is 19.3 Å². The van der Waals surface area contributed by atoms with Crippen molar-refractivity contribution in [3.05, 3.63) is 56.3 Å². The summed E-state index contributed by atoms with van der Waals surface area (Å²) in [5.41, 5.74) is 4.65. The van der Waals surface area contributed by atoms with Gasteiger partial charge < -0.3 is 0 Å². The van der Waals surface area contributed by atoms with Crippen LogP contribution in [0.15, 0.2) is 24.3 Å². The average Bonchev–Trinajstić information content (AvgIpc) is 2.91. The molecule has 2 aromatic rings. The number of hydrogen-bond donors (Lipinski definition) is 0. The van der Waals surface area contributed by atoms with Crippen molar-refractivity contribution in [1.82, 2.24) is 0 Å². The van der Waals surface area contributed by atoms with Gasteiger partial charge in [0, 0.05) is 10.4 Å². The van der Waals surface area contributed by atoms with E-state index in [4.69, 9.17) is 0 Å². The SMILES string of the molecule is CCc1cc(CC)c(C(=O)c2ccc(C)s2)c(CC)c1. The normalized spacial score (nSPS) is 10.8. The molecule has 0 saturated carbocycles. The van der Waals surface area contributed by atoms with Crippen molar-refractivity contribution < 1.29 is 4.79 Å². The van der Waals surface area contributed by atoms with E-state index in [9.17, 15) is 4.79 Å². The molecule has 1 aromatic carbocycles. The van der Waals surface area contributed by atoms with Crippen LogP contribution in [0.3, 0.4) is 0 Å². The van der Waals surface area contributed by atoms with Crippen LogP contribution in [0, 0.1) is 6.92 Å². The van der Waals surface area contributed by atoms with E-state index in [-0.39, 0.29) is 5.78 Å². The summed E-state index contributed by atoms with van der Waals surface area (Å²) in [5.74, 6) is 0.194. The molecule has 0 bridgehead atoms. The van der Waals surface area contributed by atoms with E-state index in [2.05, 4.69) is 32.9 Å².